The zero-order valence-corrected chi connectivity index (χ0v) is 25.5. The van der Waals surface area contributed by atoms with Crippen LogP contribution < -0.4 is 9.62 Å². The van der Waals surface area contributed by atoms with Gasteiger partial charge in [-0.3, -0.25) is 9.59 Å². The second-order valence-corrected chi connectivity index (χ2v) is 12.7. The molecule has 3 aromatic rings. The Balaban J connectivity index is 2.15. The van der Waals surface area contributed by atoms with Gasteiger partial charge < -0.3 is 10.2 Å². The largest absolute Gasteiger partial charge is 0.352 e. The number of halogens is 3. The first-order valence-electron chi connectivity index (χ1n) is 12.8. The first-order chi connectivity index (χ1) is 19.3. The monoisotopic (exact) mass is 622 g/mol. The first kappa shape index (κ1) is 32.3. The molecule has 0 aliphatic rings. The number of hydrogen-bond donors (Lipinski definition) is 1. The van der Waals surface area contributed by atoms with Crippen LogP contribution in [0.3, 0.4) is 0 Å². The number of hydrogen-bond acceptors (Lipinski definition) is 4. The Morgan fingerprint density at radius 1 is 0.902 bits per heavy atom. The van der Waals surface area contributed by atoms with Crippen LogP contribution >= 0.6 is 23.2 Å². The van der Waals surface area contributed by atoms with Gasteiger partial charge in [-0.25, -0.2) is 8.70 Å². The molecule has 0 spiro atoms. The SMILES string of the molecule is CC(C)NC(=O)C(Cc1ccccc1)N(Cc1c(Cl)cccc1Cl)C(=O)CN(c1ccccc1F)S(=O)(=O)N(C)C. The van der Waals surface area contributed by atoms with Gasteiger partial charge in [0.15, 0.2) is 0 Å². The average molecular weight is 624 g/mol. The van der Waals surface area contributed by atoms with Crippen LogP contribution in [0.1, 0.15) is 25.0 Å². The molecule has 0 bridgehead atoms. The average Bonchev–Trinajstić information content (AvgIpc) is 2.91. The lowest BCUT2D eigenvalue weighted by molar-refractivity contribution is -0.140. The van der Waals surface area contributed by atoms with Gasteiger partial charge in [-0.2, -0.15) is 12.7 Å². The van der Waals surface area contributed by atoms with E-state index in [2.05, 4.69) is 5.32 Å². The van der Waals surface area contributed by atoms with Crippen molar-refractivity contribution in [3.05, 3.63) is 99.8 Å². The molecule has 1 atom stereocenters. The maximum Gasteiger partial charge on any atom is 0.304 e. The molecule has 0 saturated carbocycles. The molecule has 0 radical (unpaired) electrons. The maximum atomic E-state index is 14.9. The summed E-state index contributed by atoms with van der Waals surface area (Å²) in [5.74, 6) is -2.03. The highest BCUT2D eigenvalue weighted by Gasteiger charge is 2.36. The van der Waals surface area contributed by atoms with Crippen molar-refractivity contribution in [2.24, 2.45) is 0 Å². The highest BCUT2D eigenvalue weighted by Crippen LogP contribution is 2.28. The summed E-state index contributed by atoms with van der Waals surface area (Å²) in [6.45, 7) is 2.59. The van der Waals surface area contributed by atoms with E-state index in [0.29, 0.717) is 9.87 Å². The highest BCUT2D eigenvalue weighted by molar-refractivity contribution is 7.90. The molecule has 41 heavy (non-hydrogen) atoms. The predicted octanol–water partition coefficient (Wildman–Crippen LogP) is 4.91. The summed E-state index contributed by atoms with van der Waals surface area (Å²) in [7, 11) is -1.77. The molecule has 3 rings (SSSR count). The molecule has 12 heteroatoms. The van der Waals surface area contributed by atoms with Crippen molar-refractivity contribution in [1.82, 2.24) is 14.5 Å². The standard InChI is InChI=1S/C29H33Cl2FN4O4S/c1-20(2)33-29(38)27(17-21-11-6-5-7-12-21)35(18-22-23(30)13-10-14-24(22)31)28(37)19-36(41(39,40)34(3)4)26-16-9-8-15-25(26)32/h5-16,20,27H,17-19H2,1-4H3,(H,33,38). The van der Waals surface area contributed by atoms with Crippen LogP contribution in [0.4, 0.5) is 10.1 Å². The number of carbonyl (C=O) groups excluding carboxylic acids is 2. The lowest BCUT2D eigenvalue weighted by Crippen LogP contribution is -2.55. The van der Waals surface area contributed by atoms with Gasteiger partial charge in [0.05, 0.1) is 5.69 Å². The van der Waals surface area contributed by atoms with Gasteiger partial charge in [0.1, 0.15) is 18.4 Å². The third-order valence-corrected chi connectivity index (χ3v) is 8.75. The minimum atomic E-state index is -4.33. The van der Waals surface area contributed by atoms with Crippen molar-refractivity contribution in [2.75, 3.05) is 24.9 Å². The minimum Gasteiger partial charge on any atom is -0.352 e. The summed E-state index contributed by atoms with van der Waals surface area (Å²) < 4.78 is 43.2. The van der Waals surface area contributed by atoms with Crippen LogP contribution in [0.15, 0.2) is 72.8 Å². The second kappa shape index (κ2) is 14.1. The van der Waals surface area contributed by atoms with E-state index in [9.17, 15) is 22.4 Å². The van der Waals surface area contributed by atoms with Crippen molar-refractivity contribution in [2.45, 2.75) is 38.9 Å². The molecule has 0 aliphatic carbocycles. The second-order valence-electron chi connectivity index (χ2n) is 9.84. The number of anilines is 1. The van der Waals surface area contributed by atoms with Crippen LogP contribution in [0.5, 0.6) is 0 Å². The highest BCUT2D eigenvalue weighted by atomic mass is 35.5. The molecular weight excluding hydrogens is 590 g/mol. The van der Waals surface area contributed by atoms with E-state index >= 15 is 0 Å². The molecule has 2 amide bonds. The fourth-order valence-corrected chi connectivity index (χ4v) is 5.73. The molecule has 0 aliphatic heterocycles. The summed E-state index contributed by atoms with van der Waals surface area (Å²) >= 11 is 12.9. The first-order valence-corrected chi connectivity index (χ1v) is 15.0. The summed E-state index contributed by atoms with van der Waals surface area (Å²) in [6.07, 6.45) is 0.118. The summed E-state index contributed by atoms with van der Waals surface area (Å²) in [5, 5.41) is 3.39. The quantitative estimate of drug-likeness (QED) is 0.311. The molecule has 8 nitrogen and oxygen atoms in total. The smallest absolute Gasteiger partial charge is 0.304 e. The van der Waals surface area contributed by atoms with Crippen molar-refractivity contribution >= 4 is 50.9 Å². The Bertz CT molecular complexity index is 1450. The van der Waals surface area contributed by atoms with Crippen molar-refractivity contribution in [3.63, 3.8) is 0 Å². The number of carbonyl (C=O) groups is 2. The van der Waals surface area contributed by atoms with Crippen molar-refractivity contribution in [3.8, 4) is 0 Å². The third kappa shape index (κ3) is 8.19. The molecular formula is C29H33Cl2FN4O4S. The molecule has 1 unspecified atom stereocenters. The fourth-order valence-electron chi connectivity index (χ4n) is 4.14. The molecule has 0 fully saturated rings. The number of para-hydroxylation sites is 1. The lowest BCUT2D eigenvalue weighted by atomic mass is 10.0. The van der Waals surface area contributed by atoms with Gasteiger partial charge in [0, 0.05) is 48.7 Å². The van der Waals surface area contributed by atoms with Gasteiger partial charge >= 0.3 is 10.2 Å². The van der Waals surface area contributed by atoms with E-state index in [1.807, 2.05) is 30.3 Å². The Morgan fingerprint density at radius 2 is 1.49 bits per heavy atom. The van der Waals surface area contributed by atoms with Crippen LogP contribution in [0, 0.1) is 5.82 Å². The molecule has 3 aromatic carbocycles. The Hall–Kier alpha value is -3.18. The van der Waals surface area contributed by atoms with Crippen LogP contribution in [0.2, 0.25) is 10.0 Å². The van der Waals surface area contributed by atoms with Crippen LogP contribution in [-0.4, -0.2) is 62.2 Å². The van der Waals surface area contributed by atoms with E-state index in [4.69, 9.17) is 23.2 Å². The number of rotatable bonds is 12. The van der Waals surface area contributed by atoms with E-state index in [1.165, 1.54) is 37.2 Å². The molecule has 0 aromatic heterocycles. The summed E-state index contributed by atoms with van der Waals surface area (Å²) in [6, 6.07) is 17.9. The van der Waals surface area contributed by atoms with E-state index in [0.717, 1.165) is 15.9 Å². The molecule has 0 saturated heterocycles. The maximum absolute atomic E-state index is 14.9. The van der Waals surface area contributed by atoms with Gasteiger partial charge in [-0.1, -0.05) is 71.7 Å². The van der Waals surface area contributed by atoms with Gasteiger partial charge in [0.2, 0.25) is 11.8 Å². The fraction of sp³-hybridized carbons (Fsp3) is 0.310. The number of amides is 2. The van der Waals surface area contributed by atoms with Crippen LogP contribution in [0.25, 0.3) is 0 Å². The third-order valence-electron chi connectivity index (χ3n) is 6.23. The molecule has 220 valence electrons. The Kier molecular flexibility index (Phi) is 11.1. The topological polar surface area (TPSA) is 90.0 Å². The van der Waals surface area contributed by atoms with Gasteiger partial charge in [-0.05, 0) is 43.7 Å². The summed E-state index contributed by atoms with van der Waals surface area (Å²) in [5.41, 5.74) is 0.843. The Morgan fingerprint density at radius 3 is 2.05 bits per heavy atom. The number of nitrogens with one attached hydrogen (secondary N) is 1. The van der Waals surface area contributed by atoms with Crippen molar-refractivity contribution < 1.29 is 22.4 Å². The van der Waals surface area contributed by atoms with Gasteiger partial charge in [0.25, 0.3) is 0 Å². The van der Waals surface area contributed by atoms with Crippen LogP contribution in [-0.2, 0) is 32.8 Å². The van der Waals surface area contributed by atoms with E-state index < -0.39 is 40.4 Å². The van der Waals surface area contributed by atoms with E-state index in [1.54, 1.807) is 32.0 Å². The zero-order chi connectivity index (χ0) is 30.3. The normalized spacial score (nSPS) is 12.3. The summed E-state index contributed by atoms with van der Waals surface area (Å²) in [4.78, 5) is 29.0. The number of benzene rings is 3. The number of nitrogens with zero attached hydrogens (tertiary/aromatic N) is 3. The molecule has 1 N–H and O–H groups in total. The minimum absolute atomic E-state index is 0.118. The Labute approximate surface area is 250 Å². The van der Waals surface area contributed by atoms with E-state index in [-0.39, 0.29) is 34.7 Å². The lowest BCUT2D eigenvalue weighted by Gasteiger charge is -2.35. The van der Waals surface area contributed by atoms with Gasteiger partial charge in [-0.15, -0.1) is 0 Å². The zero-order valence-electron chi connectivity index (χ0n) is 23.2. The molecule has 0 heterocycles. The van der Waals surface area contributed by atoms with Crippen molar-refractivity contribution in [1.29, 1.82) is 0 Å². The predicted molar refractivity (Wildman–Crippen MR) is 161 cm³/mol.